The molecule has 1 N–H and O–H groups in total. The molecule has 1 amide bonds. The zero-order valence-electron chi connectivity index (χ0n) is 14.4. The Morgan fingerprint density at radius 1 is 1.38 bits per heavy atom. The van der Waals surface area contributed by atoms with E-state index in [4.69, 9.17) is 4.74 Å². The van der Waals surface area contributed by atoms with E-state index in [-0.39, 0.29) is 12.0 Å². The number of H-pyrrole nitrogens is 1. The second-order valence-electron chi connectivity index (χ2n) is 6.34. The van der Waals surface area contributed by atoms with Crippen LogP contribution in [0.3, 0.4) is 0 Å². The Hall–Kier alpha value is -2.14. The highest BCUT2D eigenvalue weighted by molar-refractivity contribution is 5.94. The molecule has 1 saturated heterocycles. The lowest BCUT2D eigenvalue weighted by molar-refractivity contribution is -0.00691. The first-order valence-corrected chi connectivity index (χ1v) is 8.67. The van der Waals surface area contributed by atoms with Crippen molar-refractivity contribution < 1.29 is 9.53 Å². The summed E-state index contributed by atoms with van der Waals surface area (Å²) >= 11 is 0. The van der Waals surface area contributed by atoms with Gasteiger partial charge in [-0.3, -0.25) is 9.89 Å². The van der Waals surface area contributed by atoms with Gasteiger partial charge in [0.05, 0.1) is 12.7 Å². The van der Waals surface area contributed by atoms with Gasteiger partial charge in [-0.15, -0.1) is 0 Å². The van der Waals surface area contributed by atoms with Crippen LogP contribution in [0.4, 0.5) is 0 Å². The van der Waals surface area contributed by atoms with Gasteiger partial charge in [-0.1, -0.05) is 37.3 Å². The predicted molar refractivity (Wildman–Crippen MR) is 92.9 cm³/mol. The Kier molecular flexibility index (Phi) is 5.30. The quantitative estimate of drug-likeness (QED) is 0.918. The molecule has 5 heteroatoms. The van der Waals surface area contributed by atoms with Crippen molar-refractivity contribution in [3.8, 4) is 0 Å². The maximum atomic E-state index is 12.8. The van der Waals surface area contributed by atoms with E-state index >= 15 is 0 Å². The number of nitrogens with one attached hydrogen (secondary N) is 1. The Balaban J connectivity index is 1.60. The highest BCUT2D eigenvalue weighted by Crippen LogP contribution is 2.19. The van der Waals surface area contributed by atoms with Gasteiger partial charge < -0.3 is 9.64 Å². The van der Waals surface area contributed by atoms with Gasteiger partial charge in [0.15, 0.2) is 5.69 Å². The minimum atomic E-state index is 0.0106. The number of nitrogens with zero attached hydrogens (tertiary/aromatic N) is 2. The summed E-state index contributed by atoms with van der Waals surface area (Å²) in [5.41, 5.74) is 3.72. The fourth-order valence-electron chi connectivity index (χ4n) is 3.18. The smallest absolute Gasteiger partial charge is 0.274 e. The van der Waals surface area contributed by atoms with Crippen molar-refractivity contribution in [2.75, 3.05) is 13.1 Å². The minimum Gasteiger partial charge on any atom is -0.372 e. The van der Waals surface area contributed by atoms with E-state index in [0.29, 0.717) is 18.8 Å². The maximum Gasteiger partial charge on any atom is 0.274 e. The first kappa shape index (κ1) is 16.7. The Morgan fingerprint density at radius 3 is 2.88 bits per heavy atom. The summed E-state index contributed by atoms with van der Waals surface area (Å²) in [7, 11) is 0. The van der Waals surface area contributed by atoms with E-state index in [1.54, 1.807) is 0 Å². The number of carbonyl (C=O) groups excluding carboxylic acids is 1. The number of aromatic amines is 1. The molecule has 128 valence electrons. The fourth-order valence-corrected chi connectivity index (χ4v) is 3.18. The molecule has 3 rings (SSSR count). The summed E-state index contributed by atoms with van der Waals surface area (Å²) in [4.78, 5) is 14.6. The molecular weight excluding hydrogens is 302 g/mol. The summed E-state index contributed by atoms with van der Waals surface area (Å²) in [6, 6.07) is 10.2. The molecule has 1 aromatic carbocycles. The largest absolute Gasteiger partial charge is 0.372 e. The number of aryl methyl sites for hydroxylation is 1. The van der Waals surface area contributed by atoms with E-state index < -0.39 is 0 Å². The van der Waals surface area contributed by atoms with Crippen molar-refractivity contribution in [3.05, 3.63) is 52.8 Å². The molecule has 2 aromatic rings. The van der Waals surface area contributed by atoms with Crippen LogP contribution in [0.25, 0.3) is 0 Å². The van der Waals surface area contributed by atoms with Gasteiger partial charge in [0.1, 0.15) is 0 Å². The lowest BCUT2D eigenvalue weighted by Gasteiger charge is -2.32. The van der Waals surface area contributed by atoms with Crippen LogP contribution in [-0.2, 0) is 17.8 Å². The number of likely N-dealkylation sites (tertiary alicyclic amines) is 1. The van der Waals surface area contributed by atoms with Crippen LogP contribution in [0.2, 0.25) is 0 Å². The van der Waals surface area contributed by atoms with Crippen LogP contribution >= 0.6 is 0 Å². The highest BCUT2D eigenvalue weighted by Gasteiger charge is 2.27. The van der Waals surface area contributed by atoms with Crippen molar-refractivity contribution in [1.82, 2.24) is 15.1 Å². The molecule has 2 heterocycles. The zero-order chi connectivity index (χ0) is 16.9. The van der Waals surface area contributed by atoms with Crippen LogP contribution in [0.5, 0.6) is 0 Å². The number of ether oxygens (including phenoxy) is 1. The third-order valence-corrected chi connectivity index (χ3v) is 4.66. The zero-order valence-corrected chi connectivity index (χ0v) is 14.4. The number of hydrogen-bond donors (Lipinski definition) is 1. The standard InChI is InChI=1S/C19H25N3O2/c1-3-17-14(2)18(21-20-17)19(23)22-11-7-10-16(12-22)24-13-15-8-5-4-6-9-15/h4-6,8-9,16H,3,7,10-13H2,1-2H3,(H,20,21)/t16-/m0/s1. The lowest BCUT2D eigenvalue weighted by atomic mass is 10.1. The van der Waals surface area contributed by atoms with E-state index in [2.05, 4.69) is 29.3 Å². The van der Waals surface area contributed by atoms with Gasteiger partial charge in [0, 0.05) is 24.3 Å². The molecule has 1 fully saturated rings. The number of hydrogen-bond acceptors (Lipinski definition) is 3. The van der Waals surface area contributed by atoms with Crippen LogP contribution < -0.4 is 0 Å². The normalized spacial score (nSPS) is 17.9. The van der Waals surface area contributed by atoms with E-state index in [9.17, 15) is 4.79 Å². The van der Waals surface area contributed by atoms with Crippen molar-refractivity contribution in [3.63, 3.8) is 0 Å². The first-order chi connectivity index (χ1) is 11.7. The molecule has 0 bridgehead atoms. The van der Waals surface area contributed by atoms with Crippen molar-refractivity contribution in [1.29, 1.82) is 0 Å². The number of rotatable bonds is 5. The van der Waals surface area contributed by atoms with Crippen LogP contribution in [0.1, 0.15) is 47.1 Å². The lowest BCUT2D eigenvalue weighted by Crippen LogP contribution is -2.43. The third-order valence-electron chi connectivity index (χ3n) is 4.66. The van der Waals surface area contributed by atoms with Gasteiger partial charge in [-0.25, -0.2) is 0 Å². The van der Waals surface area contributed by atoms with E-state index in [1.165, 1.54) is 0 Å². The number of carbonyl (C=O) groups is 1. The first-order valence-electron chi connectivity index (χ1n) is 8.67. The van der Waals surface area contributed by atoms with E-state index in [0.717, 1.165) is 42.6 Å². The van der Waals surface area contributed by atoms with Gasteiger partial charge in [-0.05, 0) is 31.7 Å². The molecule has 0 radical (unpaired) electrons. The molecule has 1 atom stereocenters. The van der Waals surface area contributed by atoms with Gasteiger partial charge in [0.2, 0.25) is 0 Å². The van der Waals surface area contributed by atoms with E-state index in [1.807, 2.05) is 30.0 Å². The Morgan fingerprint density at radius 2 is 2.17 bits per heavy atom. The third kappa shape index (κ3) is 3.67. The second kappa shape index (κ2) is 7.62. The fraction of sp³-hybridized carbons (Fsp3) is 0.474. The van der Waals surface area contributed by atoms with Crippen LogP contribution in [0.15, 0.2) is 30.3 Å². The van der Waals surface area contributed by atoms with Crippen LogP contribution in [-0.4, -0.2) is 40.2 Å². The molecule has 1 aliphatic heterocycles. The molecule has 1 aliphatic rings. The molecule has 5 nitrogen and oxygen atoms in total. The number of piperidine rings is 1. The Labute approximate surface area is 143 Å². The van der Waals surface area contributed by atoms with Crippen LogP contribution in [0, 0.1) is 6.92 Å². The molecular formula is C19H25N3O2. The van der Waals surface area contributed by atoms with Gasteiger partial charge in [0.25, 0.3) is 5.91 Å². The predicted octanol–water partition coefficient (Wildman–Crippen LogP) is 3.10. The SMILES string of the molecule is CCc1[nH]nc(C(=O)N2CCC[C@H](OCc3ccccc3)C2)c1C. The number of amides is 1. The van der Waals surface area contributed by atoms with Crippen molar-refractivity contribution in [2.24, 2.45) is 0 Å². The Bertz CT molecular complexity index is 681. The maximum absolute atomic E-state index is 12.8. The average Bonchev–Trinajstić information content (AvgIpc) is 3.01. The van der Waals surface area contributed by atoms with Crippen molar-refractivity contribution >= 4 is 5.91 Å². The molecule has 0 aliphatic carbocycles. The summed E-state index contributed by atoms with van der Waals surface area (Å²) in [5, 5.41) is 7.20. The van der Waals surface area contributed by atoms with Crippen molar-refractivity contribution in [2.45, 2.75) is 45.8 Å². The topological polar surface area (TPSA) is 58.2 Å². The van der Waals surface area contributed by atoms with Gasteiger partial charge in [-0.2, -0.15) is 5.10 Å². The summed E-state index contributed by atoms with van der Waals surface area (Å²) in [5.74, 6) is 0.0106. The molecule has 0 saturated carbocycles. The second-order valence-corrected chi connectivity index (χ2v) is 6.34. The van der Waals surface area contributed by atoms with Gasteiger partial charge >= 0.3 is 0 Å². The molecule has 1 aromatic heterocycles. The number of benzene rings is 1. The summed E-state index contributed by atoms with van der Waals surface area (Å²) in [6.45, 7) is 6.03. The molecule has 0 unspecified atom stereocenters. The highest BCUT2D eigenvalue weighted by atomic mass is 16.5. The summed E-state index contributed by atoms with van der Waals surface area (Å²) in [6.07, 6.45) is 2.91. The molecule has 24 heavy (non-hydrogen) atoms. The average molecular weight is 327 g/mol. The minimum absolute atomic E-state index is 0.0106. The number of aromatic nitrogens is 2. The monoisotopic (exact) mass is 327 g/mol. The molecule has 0 spiro atoms. The summed E-state index contributed by atoms with van der Waals surface area (Å²) < 4.78 is 6.02.